The molecular formula is C20H17NO5. The number of fused-ring (bicyclic) bond motifs is 2. The SMILES string of the molecule is COc1c(OC)c2c3c(ncc(OC)c3c1OC)C(=O)c1ccccc1-2. The molecule has 26 heavy (non-hydrogen) atoms. The standard InChI is InChI=1S/C20H17NO5/c1-23-12-9-21-16-15-13(10-7-5-6-8-11(10)17(16)22)18(24-2)20(26-4)19(25-3)14(12)15/h5-9H,1-4H3. The fraction of sp³-hybridized carbons (Fsp3) is 0.200. The van der Waals surface area contributed by atoms with E-state index >= 15 is 0 Å². The summed E-state index contributed by atoms with van der Waals surface area (Å²) in [5.41, 5.74) is 2.43. The third-order valence-corrected chi connectivity index (χ3v) is 4.65. The highest BCUT2D eigenvalue weighted by atomic mass is 16.5. The largest absolute Gasteiger partial charge is 0.494 e. The molecule has 6 nitrogen and oxygen atoms in total. The van der Waals surface area contributed by atoms with Gasteiger partial charge < -0.3 is 18.9 Å². The van der Waals surface area contributed by atoms with Crippen LogP contribution in [0.2, 0.25) is 0 Å². The van der Waals surface area contributed by atoms with Gasteiger partial charge in [0.2, 0.25) is 11.5 Å². The summed E-state index contributed by atoms with van der Waals surface area (Å²) >= 11 is 0. The highest BCUT2D eigenvalue weighted by Crippen LogP contribution is 2.55. The van der Waals surface area contributed by atoms with Gasteiger partial charge in [-0.2, -0.15) is 0 Å². The Morgan fingerprint density at radius 2 is 1.42 bits per heavy atom. The third kappa shape index (κ3) is 1.92. The molecule has 132 valence electrons. The predicted molar refractivity (Wildman–Crippen MR) is 96.8 cm³/mol. The first kappa shape index (κ1) is 16.2. The first-order valence-electron chi connectivity index (χ1n) is 8.00. The Kier molecular flexibility index (Phi) is 3.68. The number of benzene rings is 2. The number of methoxy groups -OCH3 is 4. The molecule has 0 bridgehead atoms. The number of ether oxygens (including phenoxy) is 4. The van der Waals surface area contributed by atoms with E-state index in [2.05, 4.69) is 4.98 Å². The molecule has 1 aliphatic carbocycles. The van der Waals surface area contributed by atoms with Crippen LogP contribution in [-0.4, -0.2) is 39.2 Å². The van der Waals surface area contributed by atoms with E-state index < -0.39 is 0 Å². The molecule has 3 aromatic rings. The fourth-order valence-electron chi connectivity index (χ4n) is 3.59. The number of aromatic nitrogens is 1. The normalized spacial score (nSPS) is 11.9. The molecule has 2 aromatic carbocycles. The molecule has 0 spiro atoms. The summed E-state index contributed by atoms with van der Waals surface area (Å²) in [6.45, 7) is 0. The van der Waals surface area contributed by atoms with E-state index in [9.17, 15) is 4.79 Å². The minimum atomic E-state index is -0.143. The molecule has 1 heterocycles. The maximum atomic E-state index is 13.0. The minimum Gasteiger partial charge on any atom is -0.494 e. The van der Waals surface area contributed by atoms with Crippen LogP contribution in [0.4, 0.5) is 0 Å². The van der Waals surface area contributed by atoms with Crippen molar-refractivity contribution in [2.75, 3.05) is 28.4 Å². The van der Waals surface area contributed by atoms with Crippen molar-refractivity contribution in [3.05, 3.63) is 41.7 Å². The molecule has 0 aliphatic heterocycles. The summed E-state index contributed by atoms with van der Waals surface area (Å²) in [6, 6.07) is 7.38. The third-order valence-electron chi connectivity index (χ3n) is 4.65. The van der Waals surface area contributed by atoms with Crippen LogP contribution in [0, 0.1) is 0 Å². The van der Waals surface area contributed by atoms with Gasteiger partial charge in [-0.25, -0.2) is 4.98 Å². The van der Waals surface area contributed by atoms with Gasteiger partial charge in [0.05, 0.1) is 40.0 Å². The van der Waals surface area contributed by atoms with Crippen LogP contribution in [0.3, 0.4) is 0 Å². The van der Waals surface area contributed by atoms with Crippen LogP contribution in [0.15, 0.2) is 30.5 Å². The van der Waals surface area contributed by atoms with Crippen molar-refractivity contribution in [3.8, 4) is 34.1 Å². The summed E-state index contributed by atoms with van der Waals surface area (Å²) in [5.74, 6) is 1.73. The molecule has 0 fully saturated rings. The zero-order chi connectivity index (χ0) is 18.4. The van der Waals surface area contributed by atoms with Crippen LogP contribution < -0.4 is 18.9 Å². The highest BCUT2D eigenvalue weighted by molar-refractivity contribution is 6.27. The van der Waals surface area contributed by atoms with E-state index in [1.165, 1.54) is 13.3 Å². The molecule has 0 atom stereocenters. The highest BCUT2D eigenvalue weighted by Gasteiger charge is 2.34. The number of hydrogen-bond acceptors (Lipinski definition) is 6. The molecule has 4 rings (SSSR count). The minimum absolute atomic E-state index is 0.143. The molecule has 1 aliphatic rings. The second-order valence-corrected chi connectivity index (χ2v) is 5.77. The first-order valence-corrected chi connectivity index (χ1v) is 8.00. The number of nitrogens with zero attached hydrogens (tertiary/aromatic N) is 1. The lowest BCUT2D eigenvalue weighted by atomic mass is 9.84. The Labute approximate surface area is 150 Å². The van der Waals surface area contributed by atoms with Gasteiger partial charge in [0.1, 0.15) is 11.4 Å². The van der Waals surface area contributed by atoms with E-state index in [1.54, 1.807) is 27.4 Å². The molecule has 0 saturated carbocycles. The number of carbonyl (C=O) groups excluding carboxylic acids is 1. The summed E-state index contributed by atoms with van der Waals surface area (Å²) in [4.78, 5) is 17.4. The number of ketones is 1. The van der Waals surface area contributed by atoms with E-state index in [-0.39, 0.29) is 5.78 Å². The van der Waals surface area contributed by atoms with Gasteiger partial charge in [0, 0.05) is 16.5 Å². The topological polar surface area (TPSA) is 66.9 Å². The molecule has 6 heteroatoms. The van der Waals surface area contributed by atoms with Gasteiger partial charge in [-0.3, -0.25) is 4.79 Å². The number of carbonyl (C=O) groups is 1. The molecule has 0 N–H and O–H groups in total. The zero-order valence-electron chi connectivity index (χ0n) is 14.9. The predicted octanol–water partition coefficient (Wildman–Crippen LogP) is 3.48. The smallest absolute Gasteiger partial charge is 0.212 e. The summed E-state index contributed by atoms with van der Waals surface area (Å²) in [7, 11) is 6.20. The molecule has 0 unspecified atom stereocenters. The van der Waals surface area contributed by atoms with Gasteiger partial charge in [-0.15, -0.1) is 0 Å². The Morgan fingerprint density at radius 1 is 0.769 bits per heavy atom. The van der Waals surface area contributed by atoms with Crippen LogP contribution in [0.1, 0.15) is 16.1 Å². The van der Waals surface area contributed by atoms with Crippen molar-refractivity contribution < 1.29 is 23.7 Å². The second kappa shape index (κ2) is 5.91. The van der Waals surface area contributed by atoms with Crippen LogP contribution in [0.5, 0.6) is 23.0 Å². The van der Waals surface area contributed by atoms with Crippen molar-refractivity contribution in [1.82, 2.24) is 4.98 Å². The fourth-order valence-corrected chi connectivity index (χ4v) is 3.59. The van der Waals surface area contributed by atoms with E-state index in [0.29, 0.717) is 45.0 Å². The van der Waals surface area contributed by atoms with Crippen LogP contribution in [-0.2, 0) is 0 Å². The second-order valence-electron chi connectivity index (χ2n) is 5.77. The van der Waals surface area contributed by atoms with E-state index in [0.717, 1.165) is 11.1 Å². The molecule has 0 radical (unpaired) electrons. The van der Waals surface area contributed by atoms with Crippen LogP contribution >= 0.6 is 0 Å². The van der Waals surface area contributed by atoms with Gasteiger partial charge >= 0.3 is 0 Å². The van der Waals surface area contributed by atoms with Crippen molar-refractivity contribution in [1.29, 1.82) is 0 Å². The molecule has 1 aromatic heterocycles. The summed E-state index contributed by atoms with van der Waals surface area (Å²) < 4.78 is 22.4. The average Bonchev–Trinajstić information content (AvgIpc) is 2.69. The molecular weight excluding hydrogens is 334 g/mol. The van der Waals surface area contributed by atoms with Crippen molar-refractivity contribution >= 4 is 16.6 Å². The Bertz CT molecular complexity index is 1060. The number of rotatable bonds is 4. The number of pyridine rings is 1. The first-order chi connectivity index (χ1) is 12.7. The Hall–Kier alpha value is -3.28. The maximum Gasteiger partial charge on any atom is 0.212 e. The molecule has 0 saturated heterocycles. The summed E-state index contributed by atoms with van der Waals surface area (Å²) in [6.07, 6.45) is 1.53. The Morgan fingerprint density at radius 3 is 2.04 bits per heavy atom. The zero-order valence-corrected chi connectivity index (χ0v) is 14.9. The quantitative estimate of drug-likeness (QED) is 0.561. The van der Waals surface area contributed by atoms with Gasteiger partial charge in [0.15, 0.2) is 11.5 Å². The lowest BCUT2D eigenvalue weighted by Crippen LogP contribution is -2.14. The maximum absolute atomic E-state index is 13.0. The van der Waals surface area contributed by atoms with E-state index in [4.69, 9.17) is 18.9 Å². The van der Waals surface area contributed by atoms with Gasteiger partial charge in [0.25, 0.3) is 0 Å². The molecule has 0 amide bonds. The van der Waals surface area contributed by atoms with E-state index in [1.807, 2.05) is 18.2 Å². The lowest BCUT2D eigenvalue weighted by molar-refractivity contribution is 0.103. The Balaban J connectivity index is 2.34. The lowest BCUT2D eigenvalue weighted by Gasteiger charge is -2.25. The van der Waals surface area contributed by atoms with Crippen molar-refractivity contribution in [2.45, 2.75) is 0 Å². The van der Waals surface area contributed by atoms with Gasteiger partial charge in [-0.1, -0.05) is 24.3 Å². The van der Waals surface area contributed by atoms with Gasteiger partial charge in [-0.05, 0) is 5.56 Å². The van der Waals surface area contributed by atoms with Crippen LogP contribution in [0.25, 0.3) is 21.9 Å². The van der Waals surface area contributed by atoms with Crippen molar-refractivity contribution in [3.63, 3.8) is 0 Å². The number of hydrogen-bond donors (Lipinski definition) is 0. The average molecular weight is 351 g/mol. The monoisotopic (exact) mass is 351 g/mol. The summed E-state index contributed by atoms with van der Waals surface area (Å²) in [5, 5.41) is 1.28. The van der Waals surface area contributed by atoms with Crippen molar-refractivity contribution in [2.24, 2.45) is 0 Å².